The number of hydrogen-bond acceptors (Lipinski definition) is 4. The van der Waals surface area contributed by atoms with E-state index in [0.717, 1.165) is 17.2 Å². The molecular weight excluding hydrogens is 443 g/mol. The van der Waals surface area contributed by atoms with Crippen LogP contribution in [0.2, 0.25) is 0 Å². The number of benzene rings is 1. The molecule has 0 aliphatic rings. The van der Waals surface area contributed by atoms with Gasteiger partial charge in [0.15, 0.2) is 11.8 Å². The van der Waals surface area contributed by atoms with E-state index in [1.807, 2.05) is 48.9 Å². The zero-order valence-electron chi connectivity index (χ0n) is 15.4. The Hall–Kier alpha value is -1.94. The summed E-state index contributed by atoms with van der Waals surface area (Å²) in [4.78, 5) is 4.51. The third-order valence-corrected chi connectivity index (χ3v) is 3.97. The van der Waals surface area contributed by atoms with Crippen molar-refractivity contribution < 1.29 is 5.11 Å². The van der Waals surface area contributed by atoms with Crippen LogP contribution in [-0.2, 0) is 19.2 Å². The molecule has 0 fully saturated rings. The fourth-order valence-corrected chi connectivity index (χ4v) is 2.24. The quantitative estimate of drug-likeness (QED) is 0.249. The predicted octanol–water partition coefficient (Wildman–Crippen LogP) is 1.87. The largest absolute Gasteiger partial charge is 0.384 e. The normalized spacial score (nSPS) is 13.5. The molecule has 3 N–H and O–H groups in total. The van der Waals surface area contributed by atoms with E-state index in [2.05, 4.69) is 32.4 Å². The number of rotatable bonds is 7. The summed E-state index contributed by atoms with van der Waals surface area (Å²) in [6.07, 6.45) is 1.75. The van der Waals surface area contributed by atoms with Gasteiger partial charge in [0.05, 0.1) is 6.54 Å². The SMILES string of the molecule is C=CCNC(=NCc1nnc(C)n1C)NCC(C)(O)c1ccccc1.I. The van der Waals surface area contributed by atoms with Crippen molar-refractivity contribution in [1.82, 2.24) is 25.4 Å². The first kappa shape index (κ1) is 22.1. The molecule has 1 aromatic heterocycles. The second-order valence-corrected chi connectivity index (χ2v) is 6.05. The van der Waals surface area contributed by atoms with Gasteiger partial charge in [0.1, 0.15) is 18.0 Å². The molecule has 26 heavy (non-hydrogen) atoms. The summed E-state index contributed by atoms with van der Waals surface area (Å²) < 4.78 is 1.90. The summed E-state index contributed by atoms with van der Waals surface area (Å²) in [7, 11) is 1.91. The molecule has 0 aliphatic heterocycles. The van der Waals surface area contributed by atoms with Crippen molar-refractivity contribution in [1.29, 1.82) is 0 Å². The van der Waals surface area contributed by atoms with Crippen LogP contribution in [0.5, 0.6) is 0 Å². The van der Waals surface area contributed by atoms with Crippen LogP contribution in [0.1, 0.15) is 24.1 Å². The van der Waals surface area contributed by atoms with Crippen molar-refractivity contribution in [3.8, 4) is 0 Å². The molecule has 2 aromatic rings. The van der Waals surface area contributed by atoms with Crippen molar-refractivity contribution in [2.75, 3.05) is 13.1 Å². The Morgan fingerprint density at radius 2 is 2.00 bits per heavy atom. The summed E-state index contributed by atoms with van der Waals surface area (Å²) >= 11 is 0. The maximum atomic E-state index is 10.7. The zero-order valence-corrected chi connectivity index (χ0v) is 17.8. The van der Waals surface area contributed by atoms with Gasteiger partial charge >= 0.3 is 0 Å². The van der Waals surface area contributed by atoms with Gasteiger partial charge in [-0.25, -0.2) is 4.99 Å². The summed E-state index contributed by atoms with van der Waals surface area (Å²) in [5.74, 6) is 2.19. The van der Waals surface area contributed by atoms with Gasteiger partial charge in [0.2, 0.25) is 0 Å². The van der Waals surface area contributed by atoms with E-state index in [-0.39, 0.29) is 24.0 Å². The Kier molecular flexibility index (Phi) is 8.73. The second kappa shape index (κ2) is 10.3. The van der Waals surface area contributed by atoms with Crippen LogP contribution in [0.15, 0.2) is 48.0 Å². The molecule has 0 spiro atoms. The van der Waals surface area contributed by atoms with Crippen molar-refractivity contribution in [3.05, 3.63) is 60.2 Å². The molecule has 1 aromatic carbocycles. The van der Waals surface area contributed by atoms with E-state index in [4.69, 9.17) is 0 Å². The van der Waals surface area contributed by atoms with Gasteiger partial charge in [-0.1, -0.05) is 36.4 Å². The lowest BCUT2D eigenvalue weighted by Crippen LogP contribution is -2.44. The van der Waals surface area contributed by atoms with Crippen molar-refractivity contribution in [3.63, 3.8) is 0 Å². The number of aliphatic hydroxyl groups is 1. The predicted molar refractivity (Wildman–Crippen MR) is 115 cm³/mol. The Morgan fingerprint density at radius 3 is 2.58 bits per heavy atom. The Labute approximate surface area is 171 Å². The van der Waals surface area contributed by atoms with E-state index in [1.165, 1.54) is 0 Å². The molecular formula is C18H27IN6O. The topological polar surface area (TPSA) is 87.4 Å². The zero-order chi connectivity index (χ0) is 18.3. The Morgan fingerprint density at radius 1 is 1.31 bits per heavy atom. The highest BCUT2D eigenvalue weighted by Gasteiger charge is 2.23. The van der Waals surface area contributed by atoms with Crippen molar-refractivity contribution in [2.24, 2.45) is 12.0 Å². The standard InChI is InChI=1S/C18H26N6O.HI/c1-5-11-19-17(20-12-16-23-22-14(2)24(16)4)21-13-18(3,25)15-9-7-6-8-10-15;/h5-10,25H,1,11-13H2,2-4H3,(H2,19,20,21);1H. The van der Waals surface area contributed by atoms with Crippen LogP contribution in [-0.4, -0.2) is 38.9 Å². The fraction of sp³-hybridized carbons (Fsp3) is 0.389. The van der Waals surface area contributed by atoms with Crippen molar-refractivity contribution >= 4 is 29.9 Å². The maximum absolute atomic E-state index is 10.7. The smallest absolute Gasteiger partial charge is 0.192 e. The van der Waals surface area contributed by atoms with Crippen LogP contribution in [0.25, 0.3) is 0 Å². The van der Waals surface area contributed by atoms with Gasteiger partial charge in [0, 0.05) is 13.6 Å². The van der Waals surface area contributed by atoms with E-state index in [1.54, 1.807) is 13.0 Å². The summed E-state index contributed by atoms with van der Waals surface area (Å²) in [5.41, 5.74) is -0.173. The first-order chi connectivity index (χ1) is 11.9. The molecule has 0 amide bonds. The third kappa shape index (κ3) is 6.10. The molecule has 2 rings (SSSR count). The number of nitrogens with zero attached hydrogens (tertiary/aromatic N) is 4. The highest BCUT2D eigenvalue weighted by Crippen LogP contribution is 2.18. The van der Waals surface area contributed by atoms with E-state index in [0.29, 0.717) is 25.6 Å². The van der Waals surface area contributed by atoms with Crippen LogP contribution < -0.4 is 10.6 Å². The molecule has 0 radical (unpaired) electrons. The van der Waals surface area contributed by atoms with Crippen molar-refractivity contribution in [2.45, 2.75) is 26.0 Å². The second-order valence-electron chi connectivity index (χ2n) is 6.05. The van der Waals surface area contributed by atoms with Gasteiger partial charge in [-0.2, -0.15) is 0 Å². The molecule has 1 atom stereocenters. The Balaban J connectivity index is 0.00000338. The van der Waals surface area contributed by atoms with Gasteiger partial charge in [0.25, 0.3) is 0 Å². The lowest BCUT2D eigenvalue weighted by Gasteiger charge is -2.25. The molecule has 1 unspecified atom stereocenters. The number of hydrogen-bond donors (Lipinski definition) is 3. The average molecular weight is 470 g/mol. The molecule has 142 valence electrons. The van der Waals surface area contributed by atoms with Gasteiger partial charge < -0.3 is 20.3 Å². The van der Waals surface area contributed by atoms with Gasteiger partial charge in [-0.15, -0.1) is 40.8 Å². The highest BCUT2D eigenvalue weighted by molar-refractivity contribution is 14.0. The van der Waals surface area contributed by atoms with Crippen LogP contribution in [0.3, 0.4) is 0 Å². The van der Waals surface area contributed by atoms with E-state index >= 15 is 0 Å². The van der Waals surface area contributed by atoms with Gasteiger partial charge in [-0.3, -0.25) is 0 Å². The molecule has 0 aliphatic carbocycles. The van der Waals surface area contributed by atoms with Crippen LogP contribution in [0.4, 0.5) is 0 Å². The fourth-order valence-electron chi connectivity index (χ4n) is 2.24. The third-order valence-electron chi connectivity index (χ3n) is 3.97. The van der Waals surface area contributed by atoms with Crippen LogP contribution >= 0.6 is 24.0 Å². The minimum Gasteiger partial charge on any atom is -0.384 e. The average Bonchev–Trinajstić information content (AvgIpc) is 2.94. The first-order valence-corrected chi connectivity index (χ1v) is 8.20. The monoisotopic (exact) mass is 470 g/mol. The molecule has 0 saturated heterocycles. The Bertz CT molecular complexity index is 727. The molecule has 0 bridgehead atoms. The minimum absolute atomic E-state index is 0. The maximum Gasteiger partial charge on any atom is 0.192 e. The molecule has 0 saturated carbocycles. The van der Waals surface area contributed by atoms with Crippen LogP contribution in [0, 0.1) is 6.92 Å². The van der Waals surface area contributed by atoms with E-state index in [9.17, 15) is 5.11 Å². The van der Waals surface area contributed by atoms with E-state index < -0.39 is 5.60 Å². The minimum atomic E-state index is -1.01. The summed E-state index contributed by atoms with van der Waals surface area (Å²) in [5, 5.41) is 25.1. The highest BCUT2D eigenvalue weighted by atomic mass is 127. The first-order valence-electron chi connectivity index (χ1n) is 8.20. The number of nitrogens with one attached hydrogen (secondary N) is 2. The number of aryl methyl sites for hydroxylation is 1. The molecule has 7 nitrogen and oxygen atoms in total. The molecule has 8 heteroatoms. The lowest BCUT2D eigenvalue weighted by atomic mass is 9.96. The summed E-state index contributed by atoms with van der Waals surface area (Å²) in [6.45, 7) is 8.64. The number of aromatic nitrogens is 3. The lowest BCUT2D eigenvalue weighted by molar-refractivity contribution is 0.0617. The number of halogens is 1. The number of aliphatic imine (C=N–C) groups is 1. The number of guanidine groups is 1. The summed E-state index contributed by atoms with van der Waals surface area (Å²) in [6, 6.07) is 9.54. The molecule has 1 heterocycles. The van der Waals surface area contributed by atoms with Gasteiger partial charge in [-0.05, 0) is 19.4 Å².